The zero-order valence-corrected chi connectivity index (χ0v) is 10.7. The zero-order valence-electron chi connectivity index (χ0n) is 10.7. The van der Waals surface area contributed by atoms with Crippen molar-refractivity contribution in [3.63, 3.8) is 0 Å². The number of nitrogens with zero attached hydrogens (tertiary/aromatic N) is 1. The van der Waals surface area contributed by atoms with Crippen LogP contribution in [0.3, 0.4) is 0 Å². The van der Waals surface area contributed by atoms with Crippen LogP contribution in [0, 0.1) is 10.1 Å². The first-order valence-corrected chi connectivity index (χ1v) is 5.86. The number of nitro groups is 1. The van der Waals surface area contributed by atoms with Crippen molar-refractivity contribution in [2.45, 2.75) is 20.4 Å². The summed E-state index contributed by atoms with van der Waals surface area (Å²) in [5, 5.41) is 22.2. The highest BCUT2D eigenvalue weighted by atomic mass is 16.6. The number of quaternary nitrogens is 1. The van der Waals surface area contributed by atoms with Crippen LogP contribution in [-0.4, -0.2) is 18.0 Å². The van der Waals surface area contributed by atoms with E-state index < -0.39 is 4.92 Å². The first-order valence-electron chi connectivity index (χ1n) is 5.86. The van der Waals surface area contributed by atoms with Crippen molar-refractivity contribution in [1.82, 2.24) is 0 Å². The SMILES string of the molecule is C=C(C)C[NH+](CC)Cc1cc([O-])ccc1[N+](=O)[O-]. The van der Waals surface area contributed by atoms with Crippen LogP contribution >= 0.6 is 0 Å². The molecule has 1 rings (SSSR count). The molecule has 0 heterocycles. The van der Waals surface area contributed by atoms with Gasteiger partial charge in [0.25, 0.3) is 5.69 Å². The first-order chi connectivity index (χ1) is 8.43. The fourth-order valence-electron chi connectivity index (χ4n) is 1.89. The normalized spacial score (nSPS) is 12.1. The Bertz CT molecular complexity index is 458. The third kappa shape index (κ3) is 3.85. The van der Waals surface area contributed by atoms with Gasteiger partial charge in [-0.05, 0) is 19.4 Å². The lowest BCUT2D eigenvalue weighted by Crippen LogP contribution is -3.10. The molecule has 0 bridgehead atoms. The molecule has 5 heteroatoms. The van der Waals surface area contributed by atoms with Crippen molar-refractivity contribution in [3.8, 4) is 5.75 Å². The molecular formula is C13H18N2O3. The van der Waals surface area contributed by atoms with E-state index in [-0.39, 0.29) is 11.4 Å². The Morgan fingerprint density at radius 1 is 1.50 bits per heavy atom. The predicted molar refractivity (Wildman–Crippen MR) is 67.4 cm³/mol. The van der Waals surface area contributed by atoms with E-state index in [2.05, 4.69) is 6.58 Å². The molecule has 98 valence electrons. The highest BCUT2D eigenvalue weighted by Gasteiger charge is 2.17. The van der Waals surface area contributed by atoms with E-state index in [1.54, 1.807) is 0 Å². The van der Waals surface area contributed by atoms with Gasteiger partial charge < -0.3 is 10.0 Å². The Morgan fingerprint density at radius 3 is 2.67 bits per heavy atom. The van der Waals surface area contributed by atoms with E-state index in [4.69, 9.17) is 0 Å². The molecule has 0 aliphatic rings. The van der Waals surface area contributed by atoms with Crippen molar-refractivity contribution < 1.29 is 14.9 Å². The van der Waals surface area contributed by atoms with Crippen LogP contribution in [0.5, 0.6) is 5.75 Å². The molecule has 0 fully saturated rings. The Labute approximate surface area is 107 Å². The summed E-state index contributed by atoms with van der Waals surface area (Å²) in [5.41, 5.74) is 1.53. The zero-order chi connectivity index (χ0) is 13.7. The average molecular weight is 250 g/mol. The highest BCUT2D eigenvalue weighted by molar-refractivity contribution is 5.43. The van der Waals surface area contributed by atoms with Gasteiger partial charge in [-0.1, -0.05) is 18.7 Å². The number of rotatable bonds is 6. The molecule has 5 nitrogen and oxygen atoms in total. The molecule has 0 aliphatic heterocycles. The molecule has 1 aromatic carbocycles. The lowest BCUT2D eigenvalue weighted by Gasteiger charge is -2.18. The third-order valence-corrected chi connectivity index (χ3v) is 2.74. The van der Waals surface area contributed by atoms with Crippen LogP contribution in [0.25, 0.3) is 0 Å². The van der Waals surface area contributed by atoms with E-state index >= 15 is 0 Å². The fraction of sp³-hybridized carbons (Fsp3) is 0.385. The highest BCUT2D eigenvalue weighted by Crippen LogP contribution is 2.20. The van der Waals surface area contributed by atoms with Crippen molar-refractivity contribution in [1.29, 1.82) is 0 Å². The molecular weight excluding hydrogens is 232 g/mol. The molecule has 0 amide bonds. The molecule has 1 unspecified atom stereocenters. The number of hydrogen-bond donors (Lipinski definition) is 1. The Kier molecular flexibility index (Phi) is 4.85. The molecule has 0 radical (unpaired) electrons. The molecule has 1 atom stereocenters. The monoisotopic (exact) mass is 250 g/mol. The van der Waals surface area contributed by atoms with E-state index in [9.17, 15) is 15.2 Å². The summed E-state index contributed by atoms with van der Waals surface area (Å²) >= 11 is 0. The second-order valence-corrected chi connectivity index (χ2v) is 4.46. The largest absolute Gasteiger partial charge is 0.872 e. The van der Waals surface area contributed by atoms with Crippen LogP contribution in [0.2, 0.25) is 0 Å². The molecule has 1 aromatic rings. The molecule has 0 saturated heterocycles. The summed E-state index contributed by atoms with van der Waals surface area (Å²) in [7, 11) is 0. The topological polar surface area (TPSA) is 70.6 Å². The van der Waals surface area contributed by atoms with E-state index in [1.807, 2.05) is 13.8 Å². The van der Waals surface area contributed by atoms with E-state index in [0.29, 0.717) is 12.1 Å². The lowest BCUT2D eigenvalue weighted by molar-refractivity contribution is -0.907. The van der Waals surface area contributed by atoms with Gasteiger partial charge in [-0.2, -0.15) is 0 Å². The van der Waals surface area contributed by atoms with Gasteiger partial charge in [0.1, 0.15) is 6.54 Å². The van der Waals surface area contributed by atoms with Crippen LogP contribution in [0.15, 0.2) is 30.4 Å². The molecule has 1 N–H and O–H groups in total. The van der Waals surface area contributed by atoms with Crippen LogP contribution < -0.4 is 10.0 Å². The predicted octanol–water partition coefficient (Wildman–Crippen LogP) is 0.649. The summed E-state index contributed by atoms with van der Waals surface area (Å²) in [5.74, 6) is -0.193. The molecule has 18 heavy (non-hydrogen) atoms. The summed E-state index contributed by atoms with van der Waals surface area (Å²) in [4.78, 5) is 11.6. The minimum Gasteiger partial charge on any atom is -0.872 e. The van der Waals surface area contributed by atoms with Crippen LogP contribution in [-0.2, 0) is 6.54 Å². The number of nitrogens with one attached hydrogen (secondary N) is 1. The van der Waals surface area contributed by atoms with Gasteiger partial charge in [-0.15, -0.1) is 5.75 Å². The number of benzene rings is 1. The standard InChI is InChI=1S/C13H18N2O3/c1-4-14(8-10(2)3)9-11-7-12(16)5-6-13(11)15(17)18/h5-7,16H,2,4,8-9H2,1,3H3. The summed E-state index contributed by atoms with van der Waals surface area (Å²) in [6.45, 7) is 9.81. The quantitative estimate of drug-likeness (QED) is 0.458. The van der Waals surface area contributed by atoms with Crippen molar-refractivity contribution in [2.75, 3.05) is 13.1 Å². The maximum absolute atomic E-state index is 11.3. The molecule has 0 saturated carbocycles. The van der Waals surface area contributed by atoms with Gasteiger partial charge in [-0.25, -0.2) is 0 Å². The molecule has 0 aromatic heterocycles. The van der Waals surface area contributed by atoms with Crippen molar-refractivity contribution >= 4 is 5.69 Å². The van der Waals surface area contributed by atoms with Gasteiger partial charge in [0.05, 0.1) is 23.6 Å². The molecule has 0 aliphatic carbocycles. The number of likely N-dealkylation sites (N-methyl/N-ethyl adjacent to an activating group) is 1. The Morgan fingerprint density at radius 2 is 2.17 bits per heavy atom. The third-order valence-electron chi connectivity index (χ3n) is 2.74. The van der Waals surface area contributed by atoms with Gasteiger partial charge in [0, 0.05) is 6.07 Å². The first kappa shape index (κ1) is 14.2. The Hall–Kier alpha value is -1.88. The minimum absolute atomic E-state index is 0.0160. The minimum atomic E-state index is -0.442. The van der Waals surface area contributed by atoms with Crippen molar-refractivity contribution in [2.24, 2.45) is 0 Å². The van der Waals surface area contributed by atoms with Crippen LogP contribution in [0.1, 0.15) is 19.4 Å². The van der Waals surface area contributed by atoms with Crippen molar-refractivity contribution in [3.05, 3.63) is 46.0 Å². The van der Waals surface area contributed by atoms with Gasteiger partial charge in [-0.3, -0.25) is 10.1 Å². The summed E-state index contributed by atoms with van der Waals surface area (Å²) in [6, 6.07) is 3.87. The average Bonchev–Trinajstić information content (AvgIpc) is 2.27. The number of hydrogen-bond acceptors (Lipinski definition) is 3. The van der Waals surface area contributed by atoms with Gasteiger partial charge >= 0.3 is 0 Å². The van der Waals surface area contributed by atoms with E-state index in [0.717, 1.165) is 23.6 Å². The molecule has 0 spiro atoms. The maximum atomic E-state index is 11.3. The Balaban J connectivity index is 2.96. The second-order valence-electron chi connectivity index (χ2n) is 4.46. The lowest BCUT2D eigenvalue weighted by atomic mass is 10.1. The van der Waals surface area contributed by atoms with Gasteiger partial charge in [0.15, 0.2) is 0 Å². The second kappa shape index (κ2) is 6.16. The summed E-state index contributed by atoms with van der Waals surface area (Å²) in [6.07, 6.45) is 0. The fourth-order valence-corrected chi connectivity index (χ4v) is 1.89. The summed E-state index contributed by atoms with van der Waals surface area (Å²) < 4.78 is 0. The smallest absolute Gasteiger partial charge is 0.278 e. The maximum Gasteiger partial charge on any atom is 0.278 e. The van der Waals surface area contributed by atoms with E-state index in [1.165, 1.54) is 18.2 Å². The van der Waals surface area contributed by atoms with Crippen LogP contribution in [0.4, 0.5) is 5.69 Å². The van der Waals surface area contributed by atoms with Gasteiger partial charge in [0.2, 0.25) is 0 Å². The number of nitro benzene ring substituents is 1.